The Labute approximate surface area is 160 Å². The largest absolute Gasteiger partial charge is 0.494 e. The molecule has 2 aromatic carbocycles. The van der Waals surface area contributed by atoms with Crippen molar-refractivity contribution in [2.24, 2.45) is 0 Å². The third-order valence-corrected chi connectivity index (χ3v) is 5.39. The molecule has 6 heteroatoms. The van der Waals surface area contributed by atoms with Crippen LogP contribution >= 0.6 is 11.6 Å². The van der Waals surface area contributed by atoms with Gasteiger partial charge in [0.05, 0.1) is 21.8 Å². The normalized spacial score (nSPS) is 18.0. The number of benzene rings is 2. The van der Waals surface area contributed by atoms with E-state index in [1.54, 1.807) is 12.1 Å². The van der Waals surface area contributed by atoms with E-state index in [0.717, 1.165) is 11.0 Å². The predicted octanol–water partition coefficient (Wildman–Crippen LogP) is 3.57. The Kier molecular flexibility index (Phi) is 5.15. The average molecular weight is 372 g/mol. The van der Waals surface area contributed by atoms with Crippen molar-refractivity contribution in [2.75, 3.05) is 0 Å². The van der Waals surface area contributed by atoms with Crippen molar-refractivity contribution in [2.45, 2.75) is 45.4 Å². The first-order chi connectivity index (χ1) is 12.2. The maximum atomic E-state index is 12.6. The first kappa shape index (κ1) is 19.0. The van der Waals surface area contributed by atoms with Crippen molar-refractivity contribution >= 4 is 30.1 Å². The van der Waals surface area contributed by atoms with E-state index in [9.17, 15) is 4.79 Å². The maximum Gasteiger partial charge on any atom is 0.494 e. The fourth-order valence-corrected chi connectivity index (χ4v) is 2.92. The lowest BCUT2D eigenvalue weighted by Crippen LogP contribution is -2.41. The van der Waals surface area contributed by atoms with Crippen LogP contribution in [0.5, 0.6) is 0 Å². The minimum absolute atomic E-state index is 0.225. The van der Waals surface area contributed by atoms with Gasteiger partial charge in [-0.05, 0) is 50.9 Å². The molecule has 1 heterocycles. The Morgan fingerprint density at radius 1 is 1.04 bits per heavy atom. The first-order valence-electron chi connectivity index (χ1n) is 8.67. The van der Waals surface area contributed by atoms with E-state index in [1.165, 1.54) is 0 Å². The smallest absolute Gasteiger partial charge is 0.399 e. The highest BCUT2D eigenvalue weighted by molar-refractivity contribution is 6.62. The summed E-state index contributed by atoms with van der Waals surface area (Å²) in [6.45, 7) is 8.43. The number of hydrogen-bond acceptors (Lipinski definition) is 3. The molecule has 1 fully saturated rings. The Hall–Kier alpha value is -1.82. The van der Waals surface area contributed by atoms with E-state index in [1.807, 2.05) is 64.1 Å². The van der Waals surface area contributed by atoms with Gasteiger partial charge in [-0.2, -0.15) is 0 Å². The number of nitrogens with one attached hydrogen (secondary N) is 1. The number of carbonyl (C=O) groups is 1. The summed E-state index contributed by atoms with van der Waals surface area (Å²) in [4.78, 5) is 12.6. The number of carbonyl (C=O) groups excluding carboxylic acids is 1. The van der Waals surface area contributed by atoms with E-state index < -0.39 is 18.3 Å². The van der Waals surface area contributed by atoms with Gasteiger partial charge in [0.15, 0.2) is 0 Å². The second kappa shape index (κ2) is 7.07. The molecule has 0 aromatic heterocycles. The van der Waals surface area contributed by atoms with Crippen molar-refractivity contribution in [3.63, 3.8) is 0 Å². The van der Waals surface area contributed by atoms with Crippen LogP contribution in [0.25, 0.3) is 0 Å². The summed E-state index contributed by atoms with van der Waals surface area (Å²) < 4.78 is 12.1. The molecule has 0 spiro atoms. The molecule has 136 valence electrons. The molecule has 0 bridgehead atoms. The zero-order valence-corrected chi connectivity index (χ0v) is 16.3. The van der Waals surface area contributed by atoms with Gasteiger partial charge in [0.2, 0.25) is 0 Å². The first-order valence-corrected chi connectivity index (χ1v) is 9.05. The van der Waals surface area contributed by atoms with Crippen LogP contribution in [0.3, 0.4) is 0 Å². The predicted molar refractivity (Wildman–Crippen MR) is 105 cm³/mol. The number of amides is 1. The Morgan fingerprint density at radius 2 is 1.65 bits per heavy atom. The van der Waals surface area contributed by atoms with Crippen LogP contribution in [0, 0.1) is 0 Å². The van der Waals surface area contributed by atoms with Crippen molar-refractivity contribution < 1.29 is 14.1 Å². The summed E-state index contributed by atoms with van der Waals surface area (Å²) in [5.74, 6) is -0.225. The van der Waals surface area contributed by atoms with Crippen LogP contribution < -0.4 is 10.8 Å². The van der Waals surface area contributed by atoms with Gasteiger partial charge in [0, 0.05) is 6.54 Å². The average Bonchev–Trinajstić information content (AvgIpc) is 2.82. The lowest BCUT2D eigenvalue weighted by atomic mass is 9.78. The molecule has 3 rings (SSSR count). The Bertz CT molecular complexity index is 792. The number of halogens is 1. The molecule has 4 nitrogen and oxygen atoms in total. The van der Waals surface area contributed by atoms with Gasteiger partial charge in [0.25, 0.3) is 5.91 Å². The SMILES string of the molecule is CC1(C)OB(c2ccc(Cl)c(C(=O)NCc3ccccc3)c2)OC1(C)C. The molecule has 0 unspecified atom stereocenters. The second-order valence-corrected chi connectivity index (χ2v) is 7.90. The van der Waals surface area contributed by atoms with Crippen LogP contribution in [0.4, 0.5) is 0 Å². The Morgan fingerprint density at radius 3 is 2.27 bits per heavy atom. The quantitative estimate of drug-likeness (QED) is 0.836. The van der Waals surface area contributed by atoms with Crippen LogP contribution in [0.15, 0.2) is 48.5 Å². The zero-order valence-electron chi connectivity index (χ0n) is 15.5. The lowest BCUT2D eigenvalue weighted by Gasteiger charge is -2.32. The molecule has 0 saturated carbocycles. The highest BCUT2D eigenvalue weighted by atomic mass is 35.5. The molecule has 1 saturated heterocycles. The van der Waals surface area contributed by atoms with Gasteiger partial charge in [-0.25, -0.2) is 0 Å². The lowest BCUT2D eigenvalue weighted by molar-refractivity contribution is 0.00578. The standard InChI is InChI=1S/C20H23BClNO3/c1-19(2)20(3,4)26-21(25-19)15-10-11-17(22)16(12-15)18(24)23-13-14-8-6-5-7-9-14/h5-12H,13H2,1-4H3,(H,23,24). The van der Waals surface area contributed by atoms with Gasteiger partial charge < -0.3 is 14.6 Å². The summed E-state index contributed by atoms with van der Waals surface area (Å²) in [6.07, 6.45) is 0. The summed E-state index contributed by atoms with van der Waals surface area (Å²) in [5, 5.41) is 3.30. The third-order valence-electron chi connectivity index (χ3n) is 5.06. The third kappa shape index (κ3) is 3.80. The molecule has 0 aliphatic carbocycles. The fourth-order valence-electron chi connectivity index (χ4n) is 2.72. The van der Waals surface area contributed by atoms with E-state index >= 15 is 0 Å². The van der Waals surface area contributed by atoms with Crippen LogP contribution in [-0.4, -0.2) is 24.2 Å². The molecular formula is C20H23BClNO3. The summed E-state index contributed by atoms with van der Waals surface area (Å²) in [6, 6.07) is 15.0. The van der Waals surface area contributed by atoms with Crippen molar-refractivity contribution in [1.29, 1.82) is 0 Å². The monoisotopic (exact) mass is 371 g/mol. The molecule has 1 aliphatic heterocycles. The van der Waals surface area contributed by atoms with Crippen LogP contribution in [0.1, 0.15) is 43.6 Å². The highest BCUT2D eigenvalue weighted by Gasteiger charge is 2.51. The zero-order chi connectivity index (χ0) is 18.9. The molecule has 0 radical (unpaired) electrons. The fraction of sp³-hybridized carbons (Fsp3) is 0.350. The Balaban J connectivity index is 1.77. The molecule has 2 aromatic rings. The van der Waals surface area contributed by atoms with Crippen molar-refractivity contribution in [3.05, 3.63) is 64.7 Å². The molecule has 1 aliphatic rings. The molecule has 1 amide bonds. The second-order valence-electron chi connectivity index (χ2n) is 7.50. The van der Waals surface area contributed by atoms with Gasteiger partial charge in [0.1, 0.15) is 0 Å². The van der Waals surface area contributed by atoms with E-state index in [2.05, 4.69) is 5.32 Å². The maximum absolute atomic E-state index is 12.6. The van der Waals surface area contributed by atoms with Gasteiger partial charge >= 0.3 is 7.12 Å². The van der Waals surface area contributed by atoms with Crippen LogP contribution in [-0.2, 0) is 15.9 Å². The molecule has 1 N–H and O–H groups in total. The molecular weight excluding hydrogens is 348 g/mol. The van der Waals surface area contributed by atoms with E-state index in [4.69, 9.17) is 20.9 Å². The number of rotatable bonds is 4. The minimum atomic E-state index is -0.530. The van der Waals surface area contributed by atoms with Crippen molar-refractivity contribution in [1.82, 2.24) is 5.32 Å². The summed E-state index contributed by atoms with van der Waals surface area (Å²) in [7, 11) is -0.530. The topological polar surface area (TPSA) is 47.6 Å². The highest BCUT2D eigenvalue weighted by Crippen LogP contribution is 2.36. The molecule has 26 heavy (non-hydrogen) atoms. The molecule has 0 atom stereocenters. The van der Waals surface area contributed by atoms with Gasteiger partial charge in [-0.3, -0.25) is 4.79 Å². The van der Waals surface area contributed by atoms with E-state index in [0.29, 0.717) is 17.1 Å². The van der Waals surface area contributed by atoms with Gasteiger partial charge in [-0.15, -0.1) is 0 Å². The minimum Gasteiger partial charge on any atom is -0.399 e. The number of hydrogen-bond donors (Lipinski definition) is 1. The van der Waals surface area contributed by atoms with Crippen LogP contribution in [0.2, 0.25) is 5.02 Å². The summed E-state index contributed by atoms with van der Waals surface area (Å²) in [5.41, 5.74) is 1.34. The van der Waals surface area contributed by atoms with Gasteiger partial charge in [-0.1, -0.05) is 48.0 Å². The summed E-state index contributed by atoms with van der Waals surface area (Å²) >= 11 is 6.25. The van der Waals surface area contributed by atoms with Crippen molar-refractivity contribution in [3.8, 4) is 0 Å². The van der Waals surface area contributed by atoms with E-state index in [-0.39, 0.29) is 5.91 Å².